The number of hydrogen-bond acceptors (Lipinski definition) is 4. The van der Waals surface area contributed by atoms with E-state index in [2.05, 4.69) is 0 Å². The molecule has 0 aliphatic rings. The Morgan fingerprint density at radius 1 is 1.62 bits per heavy atom. The third-order valence-electron chi connectivity index (χ3n) is 0.950. The van der Waals surface area contributed by atoms with Crippen molar-refractivity contribution in [2.75, 3.05) is 12.0 Å². The minimum absolute atomic E-state index is 0.552. The topological polar surface area (TPSA) is 121 Å². The second-order valence-electron chi connectivity index (χ2n) is 1.96. The summed E-state index contributed by atoms with van der Waals surface area (Å²) in [6.07, 6.45) is 2.48. The Bertz CT molecular complexity index is 163. The molecule has 13 heavy (non-hydrogen) atoms. The molecule has 1 atom stereocenters. The molecule has 0 aromatic carbocycles. The fourth-order valence-corrected chi connectivity index (χ4v) is 0.858. The molecule has 0 aliphatic carbocycles. The third kappa shape index (κ3) is 18.8. The Labute approximate surface area is 84.9 Å². The van der Waals surface area contributed by atoms with Gasteiger partial charge in [-0.25, -0.2) is 0 Å². The first-order chi connectivity index (χ1) is 5.91. The monoisotopic (exact) mass is 279 g/mol. The number of carboxylic acids is 1. The molecule has 0 aliphatic heterocycles. The van der Waals surface area contributed by atoms with E-state index < -0.39 is 26.5 Å². The Hall–Kier alpha value is 0.0195. The van der Waals surface area contributed by atoms with Gasteiger partial charge in [-0.1, -0.05) is 0 Å². The van der Waals surface area contributed by atoms with Crippen LogP contribution in [-0.4, -0.2) is 52.0 Å². The van der Waals surface area contributed by atoms with Crippen LogP contribution < -0.4 is 5.73 Å². The second-order valence-corrected chi connectivity index (χ2v) is 3.91. The van der Waals surface area contributed by atoms with E-state index in [1.54, 1.807) is 11.8 Å². The molecule has 1 unspecified atom stereocenters. The van der Waals surface area contributed by atoms with Crippen molar-refractivity contribution in [2.24, 2.45) is 5.73 Å². The zero-order chi connectivity index (χ0) is 10.9. The van der Waals surface area contributed by atoms with Crippen LogP contribution in [0, 0.1) is 0 Å². The molecular weight excluding hydrogens is 265 g/mol. The average molecular weight is 278 g/mol. The molecule has 5 N–H and O–H groups in total. The summed E-state index contributed by atoms with van der Waals surface area (Å²) in [5.41, 5.74) is 5.19. The molecule has 80 valence electrons. The van der Waals surface area contributed by atoms with E-state index in [1.165, 1.54) is 0 Å². The van der Waals surface area contributed by atoms with Crippen LogP contribution in [0.1, 0.15) is 6.42 Å². The summed E-state index contributed by atoms with van der Waals surface area (Å²) in [7, 11) is 0. The van der Waals surface area contributed by atoms with Crippen LogP contribution in [-0.2, 0) is 8.63 Å². The van der Waals surface area contributed by atoms with Crippen LogP contribution >= 0.6 is 11.8 Å². The van der Waals surface area contributed by atoms with Gasteiger partial charge in [0.25, 0.3) is 0 Å². The summed E-state index contributed by atoms with van der Waals surface area (Å²) in [6, 6.07) is -0.683. The van der Waals surface area contributed by atoms with Crippen LogP contribution in [0.25, 0.3) is 0 Å². The van der Waals surface area contributed by atoms with Gasteiger partial charge in [-0.3, -0.25) is 4.79 Å². The van der Waals surface area contributed by atoms with Gasteiger partial charge < -0.3 is 10.8 Å². The van der Waals surface area contributed by atoms with Crippen LogP contribution in [0.2, 0.25) is 0 Å². The Morgan fingerprint density at radius 3 is 2.23 bits per heavy atom. The summed E-state index contributed by atoms with van der Waals surface area (Å²) in [5.74, 6) is -0.1000. The van der Waals surface area contributed by atoms with Crippen molar-refractivity contribution in [3.63, 3.8) is 0 Å². The molecule has 0 radical (unpaired) electrons. The standard InChI is InChI=1S/C5H11NO2S.H2O3Se/c1-9-3-2-4(6)5(7)8;1-4(2)3/h4H,2-3,6H2,1H3,(H,7,8);(H2,1,2,3). The third-order valence-corrected chi connectivity index (χ3v) is 1.59. The quantitative estimate of drug-likeness (QED) is 0.464. The van der Waals surface area contributed by atoms with Crippen molar-refractivity contribution < 1.29 is 22.1 Å². The van der Waals surface area contributed by atoms with Crippen molar-refractivity contribution in [3.05, 3.63) is 0 Å². The van der Waals surface area contributed by atoms with E-state index in [0.29, 0.717) is 6.42 Å². The molecular formula is C5H13NO5SSe. The molecule has 0 bridgehead atoms. The zero-order valence-electron chi connectivity index (χ0n) is 7.04. The number of rotatable bonds is 4. The molecule has 0 spiro atoms. The summed E-state index contributed by atoms with van der Waals surface area (Å²) in [4.78, 5) is 10.1. The van der Waals surface area contributed by atoms with Crippen molar-refractivity contribution in [1.82, 2.24) is 0 Å². The maximum atomic E-state index is 10.1. The van der Waals surface area contributed by atoms with Crippen LogP contribution in [0.5, 0.6) is 0 Å². The number of nitrogens with two attached hydrogens (primary N) is 1. The van der Waals surface area contributed by atoms with E-state index in [9.17, 15) is 4.79 Å². The van der Waals surface area contributed by atoms with Gasteiger partial charge >= 0.3 is 32.7 Å². The van der Waals surface area contributed by atoms with E-state index >= 15 is 0 Å². The van der Waals surface area contributed by atoms with Crippen LogP contribution in [0.3, 0.4) is 0 Å². The van der Waals surface area contributed by atoms with Crippen molar-refractivity contribution in [2.45, 2.75) is 12.5 Å². The van der Waals surface area contributed by atoms with Gasteiger partial charge in [-0.15, -0.1) is 0 Å². The molecule has 0 heterocycles. The maximum absolute atomic E-state index is 10.1. The van der Waals surface area contributed by atoms with E-state index in [-0.39, 0.29) is 0 Å². The molecule has 0 saturated heterocycles. The number of carboxylic acid groups (broad SMARTS) is 1. The summed E-state index contributed by atoms with van der Waals surface area (Å²) < 4.78 is 23.1. The molecule has 6 nitrogen and oxygen atoms in total. The van der Waals surface area contributed by atoms with Gasteiger partial charge in [0.2, 0.25) is 0 Å². The molecule has 0 fully saturated rings. The Balaban J connectivity index is 0. The van der Waals surface area contributed by atoms with Crippen molar-refractivity contribution in [3.8, 4) is 0 Å². The zero-order valence-corrected chi connectivity index (χ0v) is 9.57. The predicted molar refractivity (Wildman–Crippen MR) is 49.5 cm³/mol. The van der Waals surface area contributed by atoms with Crippen molar-refractivity contribution in [1.29, 1.82) is 0 Å². The minimum atomic E-state index is -3.29. The predicted octanol–water partition coefficient (Wildman–Crippen LogP) is -1.46. The summed E-state index contributed by atoms with van der Waals surface area (Å²) in [5, 5.41) is 8.27. The SMILES string of the molecule is CSCCC(N)C(=O)O.O=[Se](O)O. The average Bonchev–Trinajstić information content (AvgIpc) is 1.98. The van der Waals surface area contributed by atoms with Gasteiger partial charge in [0, 0.05) is 0 Å². The van der Waals surface area contributed by atoms with Gasteiger partial charge in [-0.05, 0) is 18.4 Å². The van der Waals surface area contributed by atoms with E-state index in [1.807, 2.05) is 6.26 Å². The van der Waals surface area contributed by atoms with Gasteiger partial charge in [0.15, 0.2) is 0 Å². The molecule has 0 aromatic heterocycles. The fourth-order valence-electron chi connectivity index (χ4n) is 0.368. The molecule has 0 aromatic rings. The normalized spacial score (nSPS) is 11.8. The van der Waals surface area contributed by atoms with E-state index in [4.69, 9.17) is 23.1 Å². The van der Waals surface area contributed by atoms with Crippen LogP contribution in [0.15, 0.2) is 0 Å². The molecule has 0 saturated carbocycles. The Morgan fingerprint density at radius 2 is 2.00 bits per heavy atom. The van der Waals surface area contributed by atoms with Crippen LogP contribution in [0.4, 0.5) is 0 Å². The molecule has 0 rings (SSSR count). The molecule has 0 amide bonds. The number of carbonyl (C=O) groups is 1. The Kier molecular flexibility index (Phi) is 12.0. The first-order valence-corrected chi connectivity index (χ1v) is 6.81. The van der Waals surface area contributed by atoms with E-state index in [0.717, 1.165) is 5.75 Å². The number of thioether (sulfide) groups is 1. The summed E-state index contributed by atoms with van der Waals surface area (Å²) >= 11 is -1.69. The van der Waals surface area contributed by atoms with Gasteiger partial charge in [0.1, 0.15) is 6.04 Å². The first kappa shape index (κ1) is 15.5. The number of aliphatic carboxylic acids is 1. The summed E-state index contributed by atoms with van der Waals surface area (Å²) in [6.45, 7) is 0. The molecule has 8 heteroatoms. The van der Waals surface area contributed by atoms with Gasteiger partial charge in [0.05, 0.1) is 0 Å². The fraction of sp³-hybridized carbons (Fsp3) is 0.800. The first-order valence-electron chi connectivity index (χ1n) is 3.19. The second kappa shape index (κ2) is 10.1. The van der Waals surface area contributed by atoms with Gasteiger partial charge in [-0.2, -0.15) is 11.8 Å². The number of hydrogen-bond donors (Lipinski definition) is 4. The van der Waals surface area contributed by atoms with Crippen molar-refractivity contribution >= 4 is 32.2 Å².